The van der Waals surface area contributed by atoms with E-state index in [9.17, 15) is 4.79 Å². The molecular formula is C20H29N5O2. The zero-order chi connectivity index (χ0) is 19.6. The van der Waals surface area contributed by atoms with E-state index in [0.29, 0.717) is 37.1 Å². The van der Waals surface area contributed by atoms with Crippen molar-refractivity contribution < 1.29 is 9.32 Å². The van der Waals surface area contributed by atoms with Gasteiger partial charge in [-0.3, -0.25) is 4.79 Å². The van der Waals surface area contributed by atoms with Gasteiger partial charge >= 0.3 is 0 Å². The summed E-state index contributed by atoms with van der Waals surface area (Å²) >= 11 is 0. The third-order valence-corrected chi connectivity index (χ3v) is 3.89. The average Bonchev–Trinajstić information content (AvgIpc) is 3.14. The van der Waals surface area contributed by atoms with Crippen molar-refractivity contribution in [3.63, 3.8) is 0 Å². The lowest BCUT2D eigenvalue weighted by Gasteiger charge is -2.10. The molecule has 1 aromatic heterocycles. The van der Waals surface area contributed by atoms with Crippen LogP contribution in [0.15, 0.2) is 39.8 Å². The number of hydrogen-bond acceptors (Lipinski definition) is 4. The van der Waals surface area contributed by atoms with E-state index in [1.807, 2.05) is 38.1 Å². The fourth-order valence-corrected chi connectivity index (χ4v) is 2.44. The minimum absolute atomic E-state index is 0.0698. The van der Waals surface area contributed by atoms with E-state index in [1.165, 1.54) is 0 Å². The van der Waals surface area contributed by atoms with Crippen LogP contribution in [0.3, 0.4) is 0 Å². The first-order chi connectivity index (χ1) is 13.0. The van der Waals surface area contributed by atoms with Gasteiger partial charge in [-0.15, -0.1) is 0 Å². The number of benzene rings is 1. The highest BCUT2D eigenvalue weighted by Crippen LogP contribution is 2.13. The number of aromatic nitrogens is 1. The second-order valence-electron chi connectivity index (χ2n) is 6.48. The molecule has 0 saturated carbocycles. The Morgan fingerprint density at radius 3 is 2.59 bits per heavy atom. The lowest BCUT2D eigenvalue weighted by Crippen LogP contribution is -2.36. The fourth-order valence-electron chi connectivity index (χ4n) is 2.44. The molecule has 0 unspecified atom stereocenters. The first kappa shape index (κ1) is 20.5. The van der Waals surface area contributed by atoms with Crippen LogP contribution >= 0.6 is 0 Å². The zero-order valence-electron chi connectivity index (χ0n) is 16.5. The molecule has 1 heterocycles. The van der Waals surface area contributed by atoms with Crippen molar-refractivity contribution in [1.82, 2.24) is 21.1 Å². The Bertz CT molecular complexity index is 767. The van der Waals surface area contributed by atoms with Crippen LogP contribution in [0.1, 0.15) is 61.0 Å². The predicted molar refractivity (Wildman–Crippen MR) is 107 cm³/mol. The molecule has 0 bridgehead atoms. The SMILES string of the molecule is CCNC(=O)c1cccc(CN=C(NCC)NCc2cc(C(C)C)no2)c1. The summed E-state index contributed by atoms with van der Waals surface area (Å²) in [5.74, 6) is 1.71. The van der Waals surface area contributed by atoms with Crippen LogP contribution in [0.5, 0.6) is 0 Å². The summed E-state index contributed by atoms with van der Waals surface area (Å²) in [6.07, 6.45) is 0. The third-order valence-electron chi connectivity index (χ3n) is 3.89. The molecule has 1 amide bonds. The lowest BCUT2D eigenvalue weighted by molar-refractivity contribution is 0.0955. The fraction of sp³-hybridized carbons (Fsp3) is 0.450. The van der Waals surface area contributed by atoms with Gasteiger partial charge in [-0.25, -0.2) is 4.99 Å². The highest BCUT2D eigenvalue weighted by atomic mass is 16.5. The first-order valence-corrected chi connectivity index (χ1v) is 9.38. The number of rotatable bonds is 8. The molecule has 0 fully saturated rings. The minimum atomic E-state index is -0.0698. The molecule has 0 atom stereocenters. The van der Waals surface area contributed by atoms with Gasteiger partial charge in [0.25, 0.3) is 5.91 Å². The summed E-state index contributed by atoms with van der Waals surface area (Å²) in [5, 5.41) is 13.3. The number of carbonyl (C=O) groups is 1. The first-order valence-electron chi connectivity index (χ1n) is 9.38. The molecular weight excluding hydrogens is 342 g/mol. The number of aliphatic imine (C=N–C) groups is 1. The summed E-state index contributed by atoms with van der Waals surface area (Å²) in [6.45, 7) is 10.4. The summed E-state index contributed by atoms with van der Waals surface area (Å²) in [4.78, 5) is 16.5. The van der Waals surface area contributed by atoms with Gasteiger partial charge in [0.1, 0.15) is 0 Å². The number of carbonyl (C=O) groups excluding carboxylic acids is 1. The van der Waals surface area contributed by atoms with Gasteiger partial charge in [0, 0.05) is 24.7 Å². The molecule has 0 aliphatic heterocycles. The maximum atomic E-state index is 12.0. The van der Waals surface area contributed by atoms with Gasteiger partial charge < -0.3 is 20.5 Å². The van der Waals surface area contributed by atoms with Gasteiger partial charge in [0.15, 0.2) is 11.7 Å². The van der Waals surface area contributed by atoms with Crippen molar-refractivity contribution >= 4 is 11.9 Å². The second-order valence-corrected chi connectivity index (χ2v) is 6.48. The summed E-state index contributed by atoms with van der Waals surface area (Å²) in [6, 6.07) is 9.46. The molecule has 7 nitrogen and oxygen atoms in total. The van der Waals surface area contributed by atoms with Crippen LogP contribution in [0.4, 0.5) is 0 Å². The van der Waals surface area contributed by atoms with Gasteiger partial charge in [-0.05, 0) is 37.5 Å². The monoisotopic (exact) mass is 371 g/mol. The lowest BCUT2D eigenvalue weighted by atomic mass is 10.1. The number of nitrogens with one attached hydrogen (secondary N) is 3. The molecule has 0 aliphatic carbocycles. The van der Waals surface area contributed by atoms with Crippen LogP contribution in [-0.2, 0) is 13.1 Å². The van der Waals surface area contributed by atoms with Gasteiger partial charge in [-0.1, -0.05) is 31.1 Å². The average molecular weight is 371 g/mol. The topological polar surface area (TPSA) is 91.5 Å². The van der Waals surface area contributed by atoms with E-state index in [-0.39, 0.29) is 5.91 Å². The summed E-state index contributed by atoms with van der Waals surface area (Å²) < 4.78 is 5.34. The van der Waals surface area contributed by atoms with Crippen molar-refractivity contribution in [3.05, 3.63) is 52.9 Å². The van der Waals surface area contributed by atoms with E-state index in [4.69, 9.17) is 4.52 Å². The van der Waals surface area contributed by atoms with E-state index in [2.05, 4.69) is 39.9 Å². The third kappa shape index (κ3) is 6.44. The van der Waals surface area contributed by atoms with E-state index < -0.39 is 0 Å². The molecule has 3 N–H and O–H groups in total. The van der Waals surface area contributed by atoms with Gasteiger partial charge in [0.05, 0.1) is 18.8 Å². The van der Waals surface area contributed by atoms with Crippen molar-refractivity contribution in [2.75, 3.05) is 13.1 Å². The van der Waals surface area contributed by atoms with Crippen LogP contribution in [0, 0.1) is 0 Å². The molecule has 0 aliphatic rings. The Morgan fingerprint density at radius 2 is 1.93 bits per heavy atom. The molecule has 27 heavy (non-hydrogen) atoms. The Morgan fingerprint density at radius 1 is 1.15 bits per heavy atom. The number of guanidine groups is 1. The highest BCUT2D eigenvalue weighted by molar-refractivity contribution is 5.94. The minimum Gasteiger partial charge on any atom is -0.359 e. The number of hydrogen-bond donors (Lipinski definition) is 3. The van der Waals surface area contributed by atoms with Crippen LogP contribution < -0.4 is 16.0 Å². The Hall–Kier alpha value is -2.83. The van der Waals surface area contributed by atoms with Gasteiger partial charge in [-0.2, -0.15) is 0 Å². The Balaban J connectivity index is 2.00. The molecule has 7 heteroatoms. The molecule has 2 aromatic rings. The molecule has 0 saturated heterocycles. The van der Waals surface area contributed by atoms with Crippen LogP contribution in [-0.4, -0.2) is 30.1 Å². The van der Waals surface area contributed by atoms with Gasteiger partial charge in [0.2, 0.25) is 0 Å². The van der Waals surface area contributed by atoms with Crippen LogP contribution in [0.2, 0.25) is 0 Å². The normalized spacial score (nSPS) is 11.5. The number of nitrogens with zero attached hydrogens (tertiary/aromatic N) is 2. The quantitative estimate of drug-likeness (QED) is 0.490. The zero-order valence-corrected chi connectivity index (χ0v) is 16.5. The van der Waals surface area contributed by atoms with Crippen molar-refractivity contribution in [1.29, 1.82) is 0 Å². The molecule has 2 rings (SSSR count). The largest absolute Gasteiger partial charge is 0.359 e. The smallest absolute Gasteiger partial charge is 0.251 e. The summed E-state index contributed by atoms with van der Waals surface area (Å²) in [5.41, 5.74) is 2.55. The molecule has 146 valence electrons. The molecule has 0 spiro atoms. The highest BCUT2D eigenvalue weighted by Gasteiger charge is 2.08. The van der Waals surface area contributed by atoms with Crippen molar-refractivity contribution in [2.45, 2.75) is 46.7 Å². The van der Waals surface area contributed by atoms with Crippen molar-refractivity contribution in [3.8, 4) is 0 Å². The van der Waals surface area contributed by atoms with E-state index in [1.54, 1.807) is 6.07 Å². The summed E-state index contributed by atoms with van der Waals surface area (Å²) in [7, 11) is 0. The Kier molecular flexibility index (Phi) is 7.85. The predicted octanol–water partition coefficient (Wildman–Crippen LogP) is 2.80. The van der Waals surface area contributed by atoms with E-state index in [0.717, 1.165) is 23.6 Å². The maximum Gasteiger partial charge on any atom is 0.251 e. The Labute approximate surface area is 160 Å². The molecule has 0 radical (unpaired) electrons. The number of amides is 1. The van der Waals surface area contributed by atoms with Crippen LogP contribution in [0.25, 0.3) is 0 Å². The standard InChI is InChI=1S/C20H29N5O2/c1-5-21-19(26)16-9-7-8-15(10-16)12-23-20(22-6-2)24-13-17-11-18(14(3)4)25-27-17/h7-11,14H,5-6,12-13H2,1-4H3,(H,21,26)(H2,22,23,24). The van der Waals surface area contributed by atoms with Crippen molar-refractivity contribution in [2.24, 2.45) is 4.99 Å². The molecule has 1 aromatic carbocycles. The van der Waals surface area contributed by atoms with E-state index >= 15 is 0 Å². The second kappa shape index (κ2) is 10.4. The maximum absolute atomic E-state index is 12.0.